The quantitative estimate of drug-likeness (QED) is 0.343. The Balaban J connectivity index is 1.67. The second kappa shape index (κ2) is 12.2. The molecule has 0 bridgehead atoms. The van der Waals surface area contributed by atoms with Gasteiger partial charge in [0.05, 0.1) is 49.9 Å². The van der Waals surface area contributed by atoms with Crippen molar-refractivity contribution in [3.8, 4) is 17.2 Å². The Morgan fingerprint density at radius 3 is 2.58 bits per heavy atom. The lowest BCUT2D eigenvalue weighted by Crippen LogP contribution is -2.19. The first-order valence-electron chi connectivity index (χ1n) is 12.6. The number of aromatic nitrogens is 2. The van der Waals surface area contributed by atoms with Gasteiger partial charge in [0.1, 0.15) is 5.82 Å². The van der Waals surface area contributed by atoms with Gasteiger partial charge in [0, 0.05) is 17.9 Å². The number of hydrogen-bond acceptors (Lipinski definition) is 6. The van der Waals surface area contributed by atoms with E-state index in [1.165, 1.54) is 12.1 Å². The fourth-order valence-corrected chi connectivity index (χ4v) is 5.01. The number of fused-ring (bicyclic) bond motifs is 1. The van der Waals surface area contributed by atoms with E-state index in [0.29, 0.717) is 17.2 Å². The van der Waals surface area contributed by atoms with E-state index < -0.39 is 24.6 Å². The Kier molecular flexibility index (Phi) is 8.81. The van der Waals surface area contributed by atoms with Crippen molar-refractivity contribution >= 4 is 12.0 Å². The second-order valence-corrected chi connectivity index (χ2v) is 9.53. The fraction of sp³-hybridized carbons (Fsp3) is 0.379. The van der Waals surface area contributed by atoms with Crippen molar-refractivity contribution in [2.24, 2.45) is 0 Å². The van der Waals surface area contributed by atoms with E-state index >= 15 is 0 Å². The number of ether oxygens (including phenoxy) is 2. The zero-order valence-electron chi connectivity index (χ0n) is 21.5. The summed E-state index contributed by atoms with van der Waals surface area (Å²) in [7, 11) is 3.21. The molecule has 2 aromatic carbocycles. The minimum absolute atomic E-state index is 0.0996. The molecule has 0 radical (unpaired) electrons. The number of carboxylic acids is 1. The maximum absolute atomic E-state index is 13.7. The molecule has 1 aromatic heterocycles. The van der Waals surface area contributed by atoms with Gasteiger partial charge < -0.3 is 24.8 Å². The van der Waals surface area contributed by atoms with Gasteiger partial charge in [-0.25, -0.2) is 9.07 Å². The Morgan fingerprint density at radius 2 is 1.89 bits per heavy atom. The average Bonchev–Trinajstić information content (AvgIpc) is 3.26. The molecule has 0 saturated carbocycles. The van der Waals surface area contributed by atoms with Crippen molar-refractivity contribution < 1.29 is 34.0 Å². The van der Waals surface area contributed by atoms with Crippen molar-refractivity contribution in [3.05, 3.63) is 76.9 Å². The zero-order chi connectivity index (χ0) is 27.2. The summed E-state index contributed by atoms with van der Waals surface area (Å²) >= 11 is 0. The topological polar surface area (TPSA) is 114 Å². The third kappa shape index (κ3) is 6.41. The van der Waals surface area contributed by atoms with Gasteiger partial charge in [0.2, 0.25) is 0 Å². The van der Waals surface area contributed by atoms with Crippen molar-refractivity contribution in [1.29, 1.82) is 0 Å². The lowest BCUT2D eigenvalue weighted by atomic mass is 9.83. The SMILES string of the molecule is COc1ccc(CC2CCCc3c2nn(-c2ccc(F)cc2)c3/C=C/[C@H](O)C[C@H](O)CC(=O)O)cc1OC. The molecule has 0 saturated heterocycles. The molecule has 3 atom stereocenters. The molecule has 1 aliphatic rings. The first-order valence-corrected chi connectivity index (χ1v) is 12.6. The first-order chi connectivity index (χ1) is 18.3. The molecule has 1 heterocycles. The highest BCUT2D eigenvalue weighted by Gasteiger charge is 2.28. The molecule has 8 nitrogen and oxygen atoms in total. The molecule has 0 amide bonds. The molecule has 3 N–H and O–H groups in total. The van der Waals surface area contributed by atoms with Crippen LogP contribution in [-0.2, 0) is 17.6 Å². The monoisotopic (exact) mass is 524 g/mol. The van der Waals surface area contributed by atoms with Crippen LogP contribution in [0.2, 0.25) is 0 Å². The summed E-state index contributed by atoms with van der Waals surface area (Å²) in [5.74, 6) is 0.00351. The van der Waals surface area contributed by atoms with Crippen LogP contribution in [0.5, 0.6) is 11.5 Å². The number of rotatable bonds is 11. The number of methoxy groups -OCH3 is 2. The standard InChI is InChI=1S/C29H33FN2O6/c1-37-26-13-6-18(15-27(26)38-2)14-19-4-3-5-24-25(12-11-22(33)16-23(34)17-28(35)36)32(31-29(19)24)21-9-7-20(30)8-10-21/h6-13,15,19,22-23,33-34H,3-5,14,16-17H2,1-2H3,(H,35,36)/b12-11+/t19?,22-,23-/m0/s1. The van der Waals surface area contributed by atoms with E-state index in [-0.39, 0.29) is 18.2 Å². The third-order valence-electron chi connectivity index (χ3n) is 6.82. The normalized spacial score (nSPS) is 16.7. The summed E-state index contributed by atoms with van der Waals surface area (Å²) in [6.07, 6.45) is 4.03. The molecule has 1 aliphatic carbocycles. The number of aliphatic hydroxyl groups excluding tert-OH is 2. The number of hydrogen-bond donors (Lipinski definition) is 3. The molecule has 3 aromatic rings. The van der Waals surface area contributed by atoms with E-state index in [2.05, 4.69) is 0 Å². The van der Waals surface area contributed by atoms with E-state index in [0.717, 1.165) is 48.2 Å². The average molecular weight is 525 g/mol. The highest BCUT2D eigenvalue weighted by Crippen LogP contribution is 2.38. The number of aliphatic hydroxyl groups is 2. The molecule has 1 unspecified atom stereocenters. The van der Waals surface area contributed by atoms with Crippen molar-refractivity contribution in [1.82, 2.24) is 9.78 Å². The lowest BCUT2D eigenvalue weighted by molar-refractivity contribution is -0.139. The summed E-state index contributed by atoms with van der Waals surface area (Å²) < 4.78 is 26.2. The van der Waals surface area contributed by atoms with Crippen LogP contribution in [-0.4, -0.2) is 57.5 Å². The van der Waals surface area contributed by atoms with Gasteiger partial charge in [0.25, 0.3) is 0 Å². The molecular weight excluding hydrogens is 491 g/mol. The third-order valence-corrected chi connectivity index (χ3v) is 6.82. The van der Waals surface area contributed by atoms with Gasteiger partial charge in [-0.3, -0.25) is 4.79 Å². The van der Waals surface area contributed by atoms with E-state index in [9.17, 15) is 19.4 Å². The lowest BCUT2D eigenvalue weighted by Gasteiger charge is -2.22. The summed E-state index contributed by atoms with van der Waals surface area (Å²) in [6.45, 7) is 0. The van der Waals surface area contributed by atoms with Crippen LogP contribution in [0, 0.1) is 5.82 Å². The summed E-state index contributed by atoms with van der Waals surface area (Å²) in [5, 5.41) is 34.2. The fourth-order valence-electron chi connectivity index (χ4n) is 5.01. The van der Waals surface area contributed by atoms with E-state index in [4.69, 9.17) is 19.7 Å². The molecule has 9 heteroatoms. The van der Waals surface area contributed by atoms with Gasteiger partial charge in [-0.1, -0.05) is 12.1 Å². The molecular formula is C29H33FN2O6. The number of carboxylic acid groups (broad SMARTS) is 1. The number of carbonyl (C=O) groups is 1. The van der Waals surface area contributed by atoms with Crippen LogP contribution >= 0.6 is 0 Å². The first kappa shape index (κ1) is 27.3. The molecule has 202 valence electrons. The second-order valence-electron chi connectivity index (χ2n) is 9.53. The molecule has 0 aliphatic heterocycles. The van der Waals surface area contributed by atoms with Crippen LogP contribution in [0.25, 0.3) is 11.8 Å². The molecule has 4 rings (SSSR count). The molecule has 38 heavy (non-hydrogen) atoms. The minimum Gasteiger partial charge on any atom is -0.493 e. The van der Waals surface area contributed by atoms with Crippen LogP contribution in [0.4, 0.5) is 4.39 Å². The van der Waals surface area contributed by atoms with Gasteiger partial charge in [-0.15, -0.1) is 0 Å². The van der Waals surface area contributed by atoms with Crippen molar-refractivity contribution in [2.45, 2.75) is 56.7 Å². The highest BCUT2D eigenvalue weighted by atomic mass is 19.1. The zero-order valence-corrected chi connectivity index (χ0v) is 21.5. The number of benzene rings is 2. The van der Waals surface area contributed by atoms with Crippen molar-refractivity contribution in [3.63, 3.8) is 0 Å². The summed E-state index contributed by atoms with van der Waals surface area (Å²) in [4.78, 5) is 10.8. The maximum atomic E-state index is 13.7. The van der Waals surface area contributed by atoms with Crippen molar-refractivity contribution in [2.75, 3.05) is 14.2 Å². The van der Waals surface area contributed by atoms with E-state index in [1.54, 1.807) is 43.2 Å². The largest absolute Gasteiger partial charge is 0.493 e. The molecule has 0 fully saturated rings. The van der Waals surface area contributed by atoms with Gasteiger partial charge in [-0.2, -0.15) is 5.10 Å². The summed E-state index contributed by atoms with van der Waals surface area (Å²) in [5.41, 5.74) is 4.56. The smallest absolute Gasteiger partial charge is 0.305 e. The Morgan fingerprint density at radius 1 is 1.16 bits per heavy atom. The Hall–Kier alpha value is -3.69. The van der Waals surface area contributed by atoms with Crippen LogP contribution < -0.4 is 9.47 Å². The number of halogens is 1. The van der Waals surface area contributed by atoms with Gasteiger partial charge in [-0.05, 0) is 73.7 Å². The van der Waals surface area contributed by atoms with Crippen LogP contribution in [0.3, 0.4) is 0 Å². The van der Waals surface area contributed by atoms with Gasteiger partial charge >= 0.3 is 5.97 Å². The Bertz CT molecular complexity index is 1290. The van der Waals surface area contributed by atoms with Gasteiger partial charge in [0.15, 0.2) is 11.5 Å². The minimum atomic E-state index is -1.16. The predicted octanol–water partition coefficient (Wildman–Crippen LogP) is 4.29. The number of aliphatic carboxylic acids is 1. The highest BCUT2D eigenvalue weighted by molar-refractivity contribution is 5.67. The van der Waals surface area contributed by atoms with E-state index in [1.807, 2.05) is 18.2 Å². The number of nitrogens with zero attached hydrogens (tertiary/aromatic N) is 2. The predicted molar refractivity (Wildman–Crippen MR) is 140 cm³/mol. The molecule has 0 spiro atoms. The van der Waals surface area contributed by atoms with Crippen LogP contribution in [0.1, 0.15) is 54.1 Å². The van der Waals surface area contributed by atoms with Crippen LogP contribution in [0.15, 0.2) is 48.5 Å². The maximum Gasteiger partial charge on any atom is 0.305 e. The Labute approximate surface area is 221 Å². The summed E-state index contributed by atoms with van der Waals surface area (Å²) in [6, 6.07) is 12.0.